The molecule has 0 spiro atoms. The predicted molar refractivity (Wildman–Crippen MR) is 76.3 cm³/mol. The Morgan fingerprint density at radius 2 is 2.16 bits per heavy atom. The Kier molecular flexibility index (Phi) is 4.17. The number of hydrogen-bond acceptors (Lipinski definition) is 3. The summed E-state index contributed by atoms with van der Waals surface area (Å²) in [5, 5.41) is 5.51. The minimum absolute atomic E-state index is 0.0221. The van der Waals surface area contributed by atoms with Crippen molar-refractivity contribution in [2.24, 2.45) is 5.14 Å². The molecule has 19 heavy (non-hydrogen) atoms. The number of hydrogen-bond donors (Lipinski definition) is 1. The first-order chi connectivity index (χ1) is 8.93. The molecular weight excluding hydrogens is 287 g/mol. The number of benzene rings is 1. The van der Waals surface area contributed by atoms with Crippen LogP contribution in [0.1, 0.15) is 6.42 Å². The van der Waals surface area contributed by atoms with Gasteiger partial charge in [0, 0.05) is 23.6 Å². The van der Waals surface area contributed by atoms with Gasteiger partial charge in [-0.2, -0.15) is 11.8 Å². The summed E-state index contributed by atoms with van der Waals surface area (Å²) in [6.07, 6.45) is 4.41. The van der Waals surface area contributed by atoms with Crippen molar-refractivity contribution >= 4 is 32.7 Å². The van der Waals surface area contributed by atoms with E-state index in [2.05, 4.69) is 0 Å². The molecule has 0 fully saturated rings. The van der Waals surface area contributed by atoms with Crippen LogP contribution in [0, 0.1) is 5.82 Å². The van der Waals surface area contributed by atoms with Crippen molar-refractivity contribution in [2.45, 2.75) is 17.9 Å². The van der Waals surface area contributed by atoms with E-state index >= 15 is 0 Å². The lowest BCUT2D eigenvalue weighted by Crippen LogP contribution is -2.11. The summed E-state index contributed by atoms with van der Waals surface area (Å²) in [6, 6.07) is 4.11. The van der Waals surface area contributed by atoms with Crippen molar-refractivity contribution in [2.75, 3.05) is 12.0 Å². The molecule has 0 aliphatic carbocycles. The van der Waals surface area contributed by atoms with Gasteiger partial charge in [0.1, 0.15) is 10.7 Å². The third-order valence-electron chi connectivity index (χ3n) is 2.86. The van der Waals surface area contributed by atoms with Gasteiger partial charge in [0.15, 0.2) is 0 Å². The van der Waals surface area contributed by atoms with E-state index in [4.69, 9.17) is 5.14 Å². The van der Waals surface area contributed by atoms with Gasteiger partial charge in [-0.15, -0.1) is 0 Å². The molecule has 0 bridgehead atoms. The standard InChI is InChI=1S/C12H15FN2O2S2/c1-18-6-2-5-15-8-12(19(14,16)17)10-7-9(13)3-4-11(10)15/h3-4,7-8H,2,5-6H2,1H3,(H2,14,16,17). The topological polar surface area (TPSA) is 65.1 Å². The zero-order valence-corrected chi connectivity index (χ0v) is 12.1. The lowest BCUT2D eigenvalue weighted by Gasteiger charge is -2.03. The SMILES string of the molecule is CSCCCn1cc(S(N)(=O)=O)c2cc(F)ccc21. The summed E-state index contributed by atoms with van der Waals surface area (Å²) in [5.41, 5.74) is 0.687. The summed E-state index contributed by atoms with van der Waals surface area (Å²) >= 11 is 1.72. The number of halogens is 1. The number of aromatic nitrogens is 1. The van der Waals surface area contributed by atoms with Gasteiger partial charge in [0.05, 0.1) is 0 Å². The van der Waals surface area contributed by atoms with Crippen molar-refractivity contribution in [3.8, 4) is 0 Å². The molecule has 0 aliphatic heterocycles. The molecule has 0 unspecified atom stereocenters. The summed E-state index contributed by atoms with van der Waals surface area (Å²) < 4.78 is 38.2. The van der Waals surface area contributed by atoms with E-state index in [0.717, 1.165) is 12.2 Å². The van der Waals surface area contributed by atoms with Crippen molar-refractivity contribution in [3.05, 3.63) is 30.2 Å². The maximum Gasteiger partial charge on any atom is 0.240 e. The Morgan fingerprint density at radius 3 is 2.79 bits per heavy atom. The highest BCUT2D eigenvalue weighted by Gasteiger charge is 2.17. The Balaban J connectivity index is 2.54. The number of rotatable bonds is 5. The van der Waals surface area contributed by atoms with Crippen LogP contribution < -0.4 is 5.14 Å². The largest absolute Gasteiger partial charge is 0.346 e. The van der Waals surface area contributed by atoms with Crippen LogP contribution in [0.2, 0.25) is 0 Å². The maximum absolute atomic E-state index is 13.3. The molecule has 2 rings (SSSR count). The van der Waals surface area contributed by atoms with Gasteiger partial charge in [0.25, 0.3) is 0 Å². The first-order valence-electron chi connectivity index (χ1n) is 5.73. The van der Waals surface area contributed by atoms with E-state index in [1.54, 1.807) is 17.8 Å². The Labute approximate surface area is 115 Å². The number of primary sulfonamides is 1. The number of fused-ring (bicyclic) bond motifs is 1. The highest BCUT2D eigenvalue weighted by Crippen LogP contribution is 2.25. The molecule has 1 heterocycles. The van der Waals surface area contributed by atoms with E-state index in [0.29, 0.717) is 17.4 Å². The molecule has 4 nitrogen and oxygen atoms in total. The van der Waals surface area contributed by atoms with Crippen LogP contribution in [-0.2, 0) is 16.6 Å². The van der Waals surface area contributed by atoms with Gasteiger partial charge in [0.2, 0.25) is 10.0 Å². The molecule has 0 aliphatic rings. The molecule has 0 saturated carbocycles. The number of nitrogens with zero attached hydrogens (tertiary/aromatic N) is 1. The number of sulfonamides is 1. The van der Waals surface area contributed by atoms with E-state index in [1.165, 1.54) is 18.3 Å². The lowest BCUT2D eigenvalue weighted by molar-refractivity contribution is 0.597. The second kappa shape index (κ2) is 5.52. The third-order valence-corrected chi connectivity index (χ3v) is 4.50. The van der Waals surface area contributed by atoms with E-state index in [-0.39, 0.29) is 4.90 Å². The van der Waals surface area contributed by atoms with Gasteiger partial charge in [-0.05, 0) is 36.6 Å². The maximum atomic E-state index is 13.3. The lowest BCUT2D eigenvalue weighted by atomic mass is 10.2. The van der Waals surface area contributed by atoms with Crippen molar-refractivity contribution in [3.63, 3.8) is 0 Å². The number of aryl methyl sites for hydroxylation is 1. The predicted octanol–water partition coefficient (Wildman–Crippen LogP) is 2.18. The van der Waals surface area contributed by atoms with Gasteiger partial charge in [-0.3, -0.25) is 0 Å². The summed E-state index contributed by atoms with van der Waals surface area (Å²) in [4.78, 5) is -0.0221. The van der Waals surface area contributed by atoms with Crippen molar-refractivity contribution in [1.29, 1.82) is 0 Å². The Morgan fingerprint density at radius 1 is 1.42 bits per heavy atom. The molecule has 2 N–H and O–H groups in total. The molecule has 0 radical (unpaired) electrons. The summed E-state index contributed by atoms with van der Waals surface area (Å²) in [7, 11) is -3.85. The molecule has 0 saturated heterocycles. The number of thioether (sulfide) groups is 1. The molecule has 2 aromatic rings. The van der Waals surface area contributed by atoms with Crippen LogP contribution >= 0.6 is 11.8 Å². The van der Waals surface area contributed by atoms with Gasteiger partial charge in [-0.1, -0.05) is 0 Å². The van der Waals surface area contributed by atoms with E-state index in [1.807, 2.05) is 10.8 Å². The summed E-state index contributed by atoms with van der Waals surface area (Å²) in [5.74, 6) is 0.505. The van der Waals surface area contributed by atoms with Crippen LogP contribution in [0.25, 0.3) is 10.9 Å². The zero-order chi connectivity index (χ0) is 14.0. The van der Waals surface area contributed by atoms with Crippen molar-refractivity contribution < 1.29 is 12.8 Å². The first-order valence-corrected chi connectivity index (χ1v) is 8.67. The van der Waals surface area contributed by atoms with Crippen LogP contribution in [-0.4, -0.2) is 25.0 Å². The fourth-order valence-electron chi connectivity index (χ4n) is 2.03. The average Bonchev–Trinajstić information content (AvgIpc) is 2.67. The van der Waals surface area contributed by atoms with E-state index < -0.39 is 15.8 Å². The zero-order valence-electron chi connectivity index (χ0n) is 10.5. The molecule has 1 aromatic heterocycles. The number of nitrogens with two attached hydrogens (primary N) is 1. The minimum atomic E-state index is -3.85. The normalized spacial score (nSPS) is 12.2. The van der Waals surface area contributed by atoms with Gasteiger partial charge in [-0.25, -0.2) is 17.9 Å². The van der Waals surface area contributed by atoms with Gasteiger partial charge >= 0.3 is 0 Å². The molecule has 104 valence electrons. The van der Waals surface area contributed by atoms with E-state index in [9.17, 15) is 12.8 Å². The highest BCUT2D eigenvalue weighted by molar-refractivity contribution is 7.98. The minimum Gasteiger partial charge on any atom is -0.346 e. The second-order valence-corrected chi connectivity index (χ2v) is 6.76. The van der Waals surface area contributed by atoms with Crippen molar-refractivity contribution in [1.82, 2.24) is 4.57 Å². The monoisotopic (exact) mass is 302 g/mol. The average molecular weight is 302 g/mol. The Hall–Kier alpha value is -1.05. The fourth-order valence-corrected chi connectivity index (χ4v) is 3.19. The van der Waals surface area contributed by atoms with Crippen LogP contribution in [0.3, 0.4) is 0 Å². The first kappa shape index (κ1) is 14.4. The van der Waals surface area contributed by atoms with Gasteiger partial charge < -0.3 is 4.57 Å². The molecule has 0 atom stereocenters. The molecule has 7 heteroatoms. The molecule has 1 aromatic carbocycles. The quantitative estimate of drug-likeness (QED) is 0.861. The Bertz CT molecular complexity index is 695. The smallest absolute Gasteiger partial charge is 0.240 e. The van der Waals surface area contributed by atoms with Crippen LogP contribution in [0.15, 0.2) is 29.3 Å². The van der Waals surface area contributed by atoms with Crippen LogP contribution in [0.4, 0.5) is 4.39 Å². The molecule has 0 amide bonds. The summed E-state index contributed by atoms with van der Waals surface area (Å²) in [6.45, 7) is 0.679. The highest BCUT2D eigenvalue weighted by atomic mass is 32.2. The second-order valence-electron chi connectivity index (χ2n) is 4.24. The fraction of sp³-hybridized carbons (Fsp3) is 0.333. The molecular formula is C12H15FN2O2S2. The third kappa shape index (κ3) is 3.10. The van der Waals surface area contributed by atoms with Crippen LogP contribution in [0.5, 0.6) is 0 Å².